The number of piperidine rings is 2. The minimum absolute atomic E-state index is 0.102. The predicted molar refractivity (Wildman–Crippen MR) is 107 cm³/mol. The molecule has 1 unspecified atom stereocenters. The highest BCUT2D eigenvalue weighted by molar-refractivity contribution is 5.98. The Balaban J connectivity index is 1.78. The van der Waals surface area contributed by atoms with Crippen molar-refractivity contribution in [2.45, 2.75) is 46.0 Å². The van der Waals surface area contributed by atoms with Crippen molar-refractivity contribution in [3.63, 3.8) is 0 Å². The van der Waals surface area contributed by atoms with E-state index in [1.54, 1.807) is 19.3 Å². The molecule has 0 radical (unpaired) electrons. The van der Waals surface area contributed by atoms with Crippen molar-refractivity contribution in [2.75, 3.05) is 38.1 Å². The second-order valence-corrected chi connectivity index (χ2v) is 8.48. The van der Waals surface area contributed by atoms with Gasteiger partial charge in [0.1, 0.15) is 5.82 Å². The van der Waals surface area contributed by atoms with Crippen LogP contribution in [0.5, 0.6) is 0 Å². The van der Waals surface area contributed by atoms with E-state index in [9.17, 15) is 9.59 Å². The summed E-state index contributed by atoms with van der Waals surface area (Å²) in [4.78, 5) is 33.5. The van der Waals surface area contributed by atoms with Gasteiger partial charge in [-0.3, -0.25) is 9.59 Å². The molecule has 2 aliphatic rings. The third kappa shape index (κ3) is 4.42. The molecule has 6 heteroatoms. The van der Waals surface area contributed by atoms with Gasteiger partial charge in [0.05, 0.1) is 5.56 Å². The first-order valence-corrected chi connectivity index (χ1v) is 10.1. The van der Waals surface area contributed by atoms with Crippen LogP contribution < -0.4 is 10.2 Å². The number of anilines is 1. The molecule has 2 saturated heterocycles. The molecule has 0 bridgehead atoms. The Labute approximate surface area is 162 Å². The van der Waals surface area contributed by atoms with E-state index in [0.29, 0.717) is 23.8 Å². The number of aromatic nitrogens is 1. The highest BCUT2D eigenvalue weighted by atomic mass is 16.2. The van der Waals surface area contributed by atoms with Crippen molar-refractivity contribution in [2.24, 2.45) is 11.3 Å². The Morgan fingerprint density at radius 3 is 2.89 bits per heavy atom. The van der Waals surface area contributed by atoms with Crippen LogP contribution >= 0.6 is 0 Å². The van der Waals surface area contributed by atoms with Crippen LogP contribution in [0.3, 0.4) is 0 Å². The van der Waals surface area contributed by atoms with Gasteiger partial charge in [-0.25, -0.2) is 4.98 Å². The van der Waals surface area contributed by atoms with Gasteiger partial charge in [0, 0.05) is 51.3 Å². The molecule has 2 aliphatic heterocycles. The number of likely N-dealkylation sites (tertiary alicyclic amines) is 1. The lowest BCUT2D eigenvalue weighted by Gasteiger charge is -2.49. The van der Waals surface area contributed by atoms with Gasteiger partial charge >= 0.3 is 0 Å². The fourth-order valence-corrected chi connectivity index (χ4v) is 4.40. The van der Waals surface area contributed by atoms with Crippen molar-refractivity contribution in [1.29, 1.82) is 0 Å². The summed E-state index contributed by atoms with van der Waals surface area (Å²) < 4.78 is 0. The number of hydrogen-bond donors (Lipinski definition) is 1. The number of amides is 2. The first kappa shape index (κ1) is 19.6. The summed E-state index contributed by atoms with van der Waals surface area (Å²) in [5.41, 5.74) is 0.737. The summed E-state index contributed by atoms with van der Waals surface area (Å²) in [7, 11) is 1.65. The molecule has 2 amide bonds. The largest absolute Gasteiger partial charge is 0.355 e. The van der Waals surface area contributed by atoms with Crippen LogP contribution in [-0.4, -0.2) is 54.9 Å². The molecule has 1 aromatic heterocycles. The van der Waals surface area contributed by atoms with Crippen molar-refractivity contribution in [3.8, 4) is 0 Å². The molecule has 1 aromatic rings. The molecular formula is C21H32N4O2. The normalized spacial score (nSPS) is 23.2. The van der Waals surface area contributed by atoms with Gasteiger partial charge in [-0.05, 0) is 43.7 Å². The molecule has 3 heterocycles. The van der Waals surface area contributed by atoms with E-state index in [1.165, 1.54) is 0 Å². The first-order chi connectivity index (χ1) is 12.9. The Hall–Kier alpha value is -2.11. The fourth-order valence-electron chi connectivity index (χ4n) is 4.40. The van der Waals surface area contributed by atoms with Crippen LogP contribution in [0.1, 0.15) is 56.3 Å². The van der Waals surface area contributed by atoms with Crippen molar-refractivity contribution in [3.05, 3.63) is 23.9 Å². The molecule has 0 aliphatic carbocycles. The van der Waals surface area contributed by atoms with Crippen LogP contribution in [0.4, 0.5) is 5.82 Å². The van der Waals surface area contributed by atoms with Crippen LogP contribution in [0.2, 0.25) is 0 Å². The van der Waals surface area contributed by atoms with E-state index in [1.807, 2.05) is 6.07 Å². The summed E-state index contributed by atoms with van der Waals surface area (Å²) in [6.07, 6.45) is 6.57. The minimum atomic E-state index is -0.102. The Bertz CT molecular complexity index is 691. The number of nitrogens with zero attached hydrogens (tertiary/aromatic N) is 3. The summed E-state index contributed by atoms with van der Waals surface area (Å²) in [5, 5.41) is 2.71. The second kappa shape index (κ2) is 8.28. The SMILES string of the molecule is CNC(=O)c1cccnc1N1CCCC2(CCC(=O)N(CCC(C)C)C2)C1. The predicted octanol–water partition coefficient (Wildman–Crippen LogP) is 2.70. The fraction of sp³-hybridized carbons (Fsp3) is 0.667. The number of pyridine rings is 1. The van der Waals surface area contributed by atoms with Gasteiger partial charge in [0.2, 0.25) is 5.91 Å². The van der Waals surface area contributed by atoms with Gasteiger partial charge in [-0.2, -0.15) is 0 Å². The summed E-state index contributed by atoms with van der Waals surface area (Å²) in [5.74, 6) is 1.56. The number of carbonyl (C=O) groups is 2. The Morgan fingerprint density at radius 1 is 1.33 bits per heavy atom. The zero-order chi connectivity index (χ0) is 19.4. The molecule has 148 valence electrons. The summed E-state index contributed by atoms with van der Waals surface area (Å²) in [6.45, 7) is 7.85. The maximum absolute atomic E-state index is 12.4. The van der Waals surface area contributed by atoms with E-state index in [-0.39, 0.29) is 11.3 Å². The molecule has 1 atom stereocenters. The minimum Gasteiger partial charge on any atom is -0.355 e. The maximum atomic E-state index is 12.4. The Kier molecular flexibility index (Phi) is 6.02. The zero-order valence-corrected chi connectivity index (χ0v) is 16.8. The molecule has 2 fully saturated rings. The van der Waals surface area contributed by atoms with E-state index in [0.717, 1.165) is 57.7 Å². The van der Waals surface area contributed by atoms with Crippen LogP contribution in [0.15, 0.2) is 18.3 Å². The van der Waals surface area contributed by atoms with E-state index < -0.39 is 0 Å². The van der Waals surface area contributed by atoms with Crippen molar-refractivity contribution in [1.82, 2.24) is 15.2 Å². The molecule has 3 rings (SSSR count). The molecular weight excluding hydrogens is 340 g/mol. The summed E-state index contributed by atoms with van der Waals surface area (Å²) >= 11 is 0. The van der Waals surface area contributed by atoms with E-state index in [2.05, 4.69) is 33.9 Å². The van der Waals surface area contributed by atoms with Crippen molar-refractivity contribution < 1.29 is 9.59 Å². The first-order valence-electron chi connectivity index (χ1n) is 10.1. The highest BCUT2D eigenvalue weighted by Gasteiger charge is 2.42. The average molecular weight is 373 g/mol. The van der Waals surface area contributed by atoms with Crippen LogP contribution in [0, 0.1) is 11.3 Å². The lowest BCUT2D eigenvalue weighted by molar-refractivity contribution is -0.138. The van der Waals surface area contributed by atoms with Crippen LogP contribution in [0.25, 0.3) is 0 Å². The third-order valence-electron chi connectivity index (χ3n) is 5.94. The van der Waals surface area contributed by atoms with Gasteiger partial charge < -0.3 is 15.1 Å². The average Bonchev–Trinajstić information content (AvgIpc) is 2.68. The van der Waals surface area contributed by atoms with E-state index >= 15 is 0 Å². The third-order valence-corrected chi connectivity index (χ3v) is 5.94. The van der Waals surface area contributed by atoms with Gasteiger partial charge in [0.15, 0.2) is 0 Å². The zero-order valence-electron chi connectivity index (χ0n) is 16.8. The number of nitrogens with one attached hydrogen (secondary N) is 1. The molecule has 0 aromatic carbocycles. The molecule has 1 N–H and O–H groups in total. The highest BCUT2D eigenvalue weighted by Crippen LogP contribution is 2.40. The number of hydrogen-bond acceptors (Lipinski definition) is 4. The summed E-state index contributed by atoms with van der Waals surface area (Å²) in [6, 6.07) is 3.64. The standard InChI is InChI=1S/C21H32N4O2/c1-16(2)8-13-24-14-21(10-7-18(24)26)9-5-12-25(15-21)19-17(20(27)22-3)6-4-11-23-19/h4,6,11,16H,5,7-10,12-15H2,1-3H3,(H,22,27). The molecule has 6 nitrogen and oxygen atoms in total. The molecule has 0 saturated carbocycles. The van der Waals surface area contributed by atoms with Gasteiger partial charge in [-0.15, -0.1) is 0 Å². The Morgan fingerprint density at radius 2 is 2.15 bits per heavy atom. The quantitative estimate of drug-likeness (QED) is 0.863. The topological polar surface area (TPSA) is 65.5 Å². The maximum Gasteiger partial charge on any atom is 0.254 e. The van der Waals surface area contributed by atoms with Crippen LogP contribution in [-0.2, 0) is 4.79 Å². The smallest absolute Gasteiger partial charge is 0.254 e. The van der Waals surface area contributed by atoms with Crippen molar-refractivity contribution >= 4 is 17.6 Å². The lowest BCUT2D eigenvalue weighted by atomic mass is 9.73. The van der Waals surface area contributed by atoms with Gasteiger partial charge in [0.25, 0.3) is 5.91 Å². The van der Waals surface area contributed by atoms with Gasteiger partial charge in [-0.1, -0.05) is 13.8 Å². The van der Waals surface area contributed by atoms with E-state index in [4.69, 9.17) is 0 Å². The monoisotopic (exact) mass is 372 g/mol. The second-order valence-electron chi connectivity index (χ2n) is 8.48. The lowest BCUT2D eigenvalue weighted by Crippen LogP contribution is -2.54. The number of rotatable bonds is 5. The molecule has 27 heavy (non-hydrogen) atoms. The molecule has 1 spiro atoms. The number of carbonyl (C=O) groups excluding carboxylic acids is 2.